The monoisotopic (exact) mass is 674 g/mol. The Kier molecular flexibility index (Phi) is 8.50. The Bertz CT molecular complexity index is 2110. The number of nitrogens with one attached hydrogen (secondary N) is 4. The Labute approximate surface area is 278 Å². The van der Waals surface area contributed by atoms with Crippen LogP contribution in [0.15, 0.2) is 73.1 Å². The number of nitrogens with two attached hydrogens (primary N) is 1. The summed E-state index contributed by atoms with van der Waals surface area (Å²) in [7, 11) is 3.06. The minimum Gasteiger partial charge on any atom is -0.495 e. The standard InChI is InChI=1S/C17H14Cl2N2O3.C16H11ClN4O/c1-23-15-7-14(16(24-2)6-12(15)19)20-8-11-10-5-9(18)3-4-13(10)21-17(11)22;17-9-1-2-14-11(5-9)12(16(22)20-14)4-8-3-10(18)6-15-13(8)7-19-21-15/h3-8,20H,1-2H3,(H,21,22);1-7H,18H2,(H,19,21)(H,20,22)/b11-8+;12-4-. The third-order valence-electron chi connectivity index (χ3n) is 7.29. The highest BCUT2D eigenvalue weighted by Gasteiger charge is 2.25. The first-order valence-electron chi connectivity index (χ1n) is 13.7. The number of benzene rings is 4. The number of aromatic nitrogens is 2. The van der Waals surface area contributed by atoms with Gasteiger partial charge in [-0.15, -0.1) is 0 Å². The highest BCUT2D eigenvalue weighted by atomic mass is 35.5. The molecule has 5 aromatic rings. The zero-order valence-corrected chi connectivity index (χ0v) is 26.6. The number of H-pyrrole nitrogens is 1. The first-order chi connectivity index (χ1) is 22.1. The fourth-order valence-electron chi connectivity index (χ4n) is 5.11. The lowest BCUT2D eigenvalue weighted by atomic mass is 10.0. The molecule has 232 valence electrons. The van der Waals surface area contributed by atoms with Crippen LogP contribution in [0.5, 0.6) is 11.5 Å². The van der Waals surface area contributed by atoms with Crippen molar-refractivity contribution in [2.75, 3.05) is 35.9 Å². The number of fused-ring (bicyclic) bond motifs is 3. The molecule has 0 saturated heterocycles. The maximum absolute atomic E-state index is 12.2. The fraction of sp³-hybridized carbons (Fsp3) is 0.0606. The number of carbonyl (C=O) groups excluding carboxylic acids is 2. The summed E-state index contributed by atoms with van der Waals surface area (Å²) in [5.41, 5.74) is 12.8. The number of halogens is 3. The lowest BCUT2D eigenvalue weighted by Crippen LogP contribution is -2.05. The topological polar surface area (TPSA) is 143 Å². The van der Waals surface area contributed by atoms with E-state index in [0.29, 0.717) is 49.1 Å². The number of aromatic amines is 1. The average molecular weight is 676 g/mol. The molecule has 0 radical (unpaired) electrons. The van der Waals surface area contributed by atoms with Crippen molar-refractivity contribution in [2.24, 2.45) is 0 Å². The number of anilines is 4. The molecule has 2 amide bonds. The molecule has 13 heteroatoms. The molecule has 0 spiro atoms. The van der Waals surface area contributed by atoms with E-state index in [0.717, 1.165) is 39.0 Å². The number of hydrogen-bond donors (Lipinski definition) is 5. The van der Waals surface area contributed by atoms with Crippen LogP contribution in [-0.2, 0) is 9.59 Å². The van der Waals surface area contributed by atoms with Gasteiger partial charge in [0.25, 0.3) is 11.8 Å². The van der Waals surface area contributed by atoms with Crippen LogP contribution in [0.3, 0.4) is 0 Å². The summed E-state index contributed by atoms with van der Waals surface area (Å²) in [6.45, 7) is 0. The van der Waals surface area contributed by atoms with E-state index in [2.05, 4.69) is 26.1 Å². The summed E-state index contributed by atoms with van der Waals surface area (Å²) < 4.78 is 10.5. The number of rotatable bonds is 5. The van der Waals surface area contributed by atoms with Crippen molar-refractivity contribution in [3.8, 4) is 11.5 Å². The Morgan fingerprint density at radius 3 is 2.09 bits per heavy atom. The van der Waals surface area contributed by atoms with Gasteiger partial charge in [-0.05, 0) is 60.2 Å². The number of nitrogens with zero attached hydrogens (tertiary/aromatic N) is 1. The molecule has 0 aliphatic carbocycles. The van der Waals surface area contributed by atoms with E-state index in [1.54, 1.807) is 60.9 Å². The fourth-order valence-corrected chi connectivity index (χ4v) is 5.68. The van der Waals surface area contributed by atoms with Gasteiger partial charge in [0.1, 0.15) is 11.5 Å². The third-order valence-corrected chi connectivity index (χ3v) is 8.05. The Balaban J connectivity index is 0.000000162. The van der Waals surface area contributed by atoms with Crippen LogP contribution >= 0.6 is 34.8 Å². The highest BCUT2D eigenvalue weighted by Crippen LogP contribution is 2.38. The van der Waals surface area contributed by atoms with Gasteiger partial charge in [-0.25, -0.2) is 0 Å². The van der Waals surface area contributed by atoms with Gasteiger partial charge in [0.2, 0.25) is 0 Å². The van der Waals surface area contributed by atoms with Crippen LogP contribution in [0.25, 0.3) is 28.1 Å². The minimum atomic E-state index is -0.209. The summed E-state index contributed by atoms with van der Waals surface area (Å²) in [6.07, 6.45) is 5.13. The Morgan fingerprint density at radius 2 is 1.43 bits per heavy atom. The predicted octanol–water partition coefficient (Wildman–Crippen LogP) is 7.71. The molecule has 6 N–H and O–H groups in total. The predicted molar refractivity (Wildman–Crippen MR) is 185 cm³/mol. The number of carbonyl (C=O) groups is 2. The van der Waals surface area contributed by atoms with Gasteiger partial charge in [-0.2, -0.15) is 5.10 Å². The maximum atomic E-state index is 12.2. The highest BCUT2D eigenvalue weighted by molar-refractivity contribution is 6.37. The molecule has 0 saturated carbocycles. The molecule has 7 rings (SSSR count). The Hall–Kier alpha value is -5.16. The van der Waals surface area contributed by atoms with Crippen LogP contribution in [0.1, 0.15) is 16.7 Å². The second kappa shape index (κ2) is 12.7. The molecule has 10 nitrogen and oxygen atoms in total. The smallest absolute Gasteiger partial charge is 0.257 e. The third kappa shape index (κ3) is 6.05. The molecule has 0 atom stereocenters. The summed E-state index contributed by atoms with van der Waals surface area (Å²) >= 11 is 18.1. The zero-order chi connectivity index (χ0) is 32.5. The Morgan fingerprint density at radius 1 is 0.804 bits per heavy atom. The van der Waals surface area contributed by atoms with Gasteiger partial charge in [0, 0.05) is 67.5 Å². The summed E-state index contributed by atoms with van der Waals surface area (Å²) in [4.78, 5) is 24.4. The summed E-state index contributed by atoms with van der Waals surface area (Å²) in [5.74, 6) is 0.663. The van der Waals surface area contributed by atoms with Gasteiger partial charge in [-0.1, -0.05) is 34.8 Å². The number of amides is 2. The van der Waals surface area contributed by atoms with Crippen LogP contribution in [0.4, 0.5) is 22.7 Å². The van der Waals surface area contributed by atoms with E-state index in [-0.39, 0.29) is 11.8 Å². The van der Waals surface area contributed by atoms with Crippen molar-refractivity contribution in [3.05, 3.63) is 105 Å². The number of hydrogen-bond acceptors (Lipinski definition) is 7. The van der Waals surface area contributed by atoms with Crippen molar-refractivity contribution in [1.82, 2.24) is 10.2 Å². The van der Waals surface area contributed by atoms with Gasteiger partial charge in [0.15, 0.2) is 0 Å². The van der Waals surface area contributed by atoms with Gasteiger partial charge in [0.05, 0.1) is 42.2 Å². The molecule has 2 aliphatic rings. The SMILES string of the molecule is COc1cc(N/C=C2/C(=O)Nc3ccc(Cl)cc32)c(OC)cc1Cl.Nc1cc(/C=C2\C(=O)Nc3ccc(Cl)cc32)c2cn[nH]c2c1. The summed E-state index contributed by atoms with van der Waals surface area (Å²) in [5, 5.41) is 18.1. The number of ether oxygens (including phenoxy) is 2. The normalized spacial score (nSPS) is 14.8. The van der Waals surface area contributed by atoms with E-state index < -0.39 is 0 Å². The molecule has 0 bridgehead atoms. The van der Waals surface area contributed by atoms with Crippen molar-refractivity contribution in [1.29, 1.82) is 0 Å². The molecule has 0 fully saturated rings. The van der Waals surface area contributed by atoms with E-state index in [4.69, 9.17) is 50.0 Å². The van der Waals surface area contributed by atoms with Crippen LogP contribution in [-0.4, -0.2) is 36.2 Å². The largest absolute Gasteiger partial charge is 0.495 e. The lowest BCUT2D eigenvalue weighted by Gasteiger charge is -2.12. The van der Waals surface area contributed by atoms with E-state index >= 15 is 0 Å². The van der Waals surface area contributed by atoms with Crippen LogP contribution in [0.2, 0.25) is 15.1 Å². The van der Waals surface area contributed by atoms with E-state index in [1.165, 1.54) is 14.2 Å². The molecule has 2 aliphatic heterocycles. The molecule has 1 aromatic heterocycles. The van der Waals surface area contributed by atoms with Crippen molar-refractivity contribution >= 4 is 97.5 Å². The lowest BCUT2D eigenvalue weighted by molar-refractivity contribution is -0.111. The molecular weight excluding hydrogens is 651 g/mol. The number of nitrogen functional groups attached to an aromatic ring is 1. The molecular formula is C33H25Cl3N6O4. The average Bonchev–Trinajstić information content (AvgIpc) is 3.71. The molecule has 4 aromatic carbocycles. The first kappa shape index (κ1) is 30.8. The quantitative estimate of drug-likeness (QED) is 0.0949. The summed E-state index contributed by atoms with van der Waals surface area (Å²) in [6, 6.07) is 17.5. The zero-order valence-electron chi connectivity index (χ0n) is 24.3. The van der Waals surface area contributed by atoms with E-state index in [1.807, 2.05) is 18.2 Å². The second-order valence-corrected chi connectivity index (χ2v) is 11.5. The van der Waals surface area contributed by atoms with Crippen molar-refractivity contribution in [3.63, 3.8) is 0 Å². The van der Waals surface area contributed by atoms with Gasteiger partial charge < -0.3 is 31.2 Å². The van der Waals surface area contributed by atoms with Crippen LogP contribution in [0, 0.1) is 0 Å². The molecule has 46 heavy (non-hydrogen) atoms. The number of methoxy groups -OCH3 is 2. The van der Waals surface area contributed by atoms with Crippen molar-refractivity contribution in [2.45, 2.75) is 0 Å². The first-order valence-corrected chi connectivity index (χ1v) is 14.8. The van der Waals surface area contributed by atoms with Gasteiger partial charge in [-0.3, -0.25) is 14.7 Å². The van der Waals surface area contributed by atoms with Crippen LogP contribution < -0.4 is 31.2 Å². The molecule has 0 unspecified atom stereocenters. The van der Waals surface area contributed by atoms with Crippen molar-refractivity contribution < 1.29 is 19.1 Å². The van der Waals surface area contributed by atoms with Gasteiger partial charge >= 0.3 is 0 Å². The second-order valence-electron chi connectivity index (χ2n) is 10.2. The molecule has 3 heterocycles. The van der Waals surface area contributed by atoms with E-state index in [9.17, 15) is 9.59 Å². The maximum Gasteiger partial charge on any atom is 0.257 e. The minimum absolute atomic E-state index is 0.156.